The minimum Gasteiger partial charge on any atom is -0.507 e. The summed E-state index contributed by atoms with van der Waals surface area (Å²) in [5.74, 6) is 0.595. The second-order valence-electron chi connectivity index (χ2n) is 19.8. The molecule has 0 aliphatic heterocycles. The number of nitrogens with zero attached hydrogens (tertiary/aromatic N) is 4. The molecule has 6 aromatic rings. The van der Waals surface area contributed by atoms with Crippen LogP contribution in [0.1, 0.15) is 138 Å². The number of phenolic OH excluding ortho intramolecular Hbond substituents is 2. The molecule has 326 valence electrons. The molecule has 6 rings (SSSR count). The molecule has 2 heterocycles. The summed E-state index contributed by atoms with van der Waals surface area (Å²) >= 11 is 28.9. The summed E-state index contributed by atoms with van der Waals surface area (Å²) in [6.45, 7) is 25.2. The summed E-state index contributed by atoms with van der Waals surface area (Å²) in [5, 5.41) is 44.4. The smallest absolute Gasteiger partial charge is 0.130 e. The van der Waals surface area contributed by atoms with Crippen LogP contribution in [-0.2, 0) is 21.7 Å². The van der Waals surface area contributed by atoms with Crippen molar-refractivity contribution in [2.45, 2.75) is 117 Å². The van der Waals surface area contributed by atoms with E-state index in [1.54, 1.807) is 59.1 Å². The van der Waals surface area contributed by atoms with Gasteiger partial charge in [0.15, 0.2) is 0 Å². The van der Waals surface area contributed by atoms with Crippen LogP contribution >= 0.6 is 69.1 Å². The van der Waals surface area contributed by atoms with Crippen molar-refractivity contribution in [1.29, 1.82) is 0 Å². The van der Waals surface area contributed by atoms with Crippen molar-refractivity contribution in [2.24, 2.45) is 20.5 Å². The first-order valence-electron chi connectivity index (χ1n) is 20.4. The first-order chi connectivity index (χ1) is 28.7. The second-order valence-corrected chi connectivity index (χ2v) is 23.7. The summed E-state index contributed by atoms with van der Waals surface area (Å²) in [4.78, 5) is 4.01. The van der Waals surface area contributed by atoms with Crippen molar-refractivity contribution >= 4 is 80.5 Å². The van der Waals surface area contributed by atoms with Crippen LogP contribution in [-0.4, -0.2) is 10.2 Å². The predicted molar refractivity (Wildman–Crippen MR) is 264 cm³/mol. The average molecular weight is 949 g/mol. The number of hydrogen-bond acceptors (Lipinski definition) is 8. The maximum atomic E-state index is 11.6. The van der Waals surface area contributed by atoms with Crippen molar-refractivity contribution in [3.8, 4) is 21.3 Å². The van der Waals surface area contributed by atoms with E-state index in [2.05, 4.69) is 142 Å². The highest BCUT2D eigenvalue weighted by atomic mass is 35.5. The van der Waals surface area contributed by atoms with Crippen molar-refractivity contribution in [3.05, 3.63) is 148 Å². The van der Waals surface area contributed by atoms with E-state index in [4.69, 9.17) is 56.6 Å². The first kappa shape index (κ1) is 47.7. The van der Waals surface area contributed by atoms with E-state index in [1.807, 2.05) is 0 Å². The van der Waals surface area contributed by atoms with E-state index in [9.17, 15) is 10.2 Å². The molecule has 2 aromatic heterocycles. The zero-order valence-corrected chi connectivity index (χ0v) is 41.9. The maximum absolute atomic E-state index is 11.6. The van der Waals surface area contributed by atoms with E-state index in [1.165, 1.54) is 0 Å². The SMILES string of the molecule is CC(C)(C)c1cc(C(N=Nc2ccc(Cl)cc2Cl)c2ccc(-c3ccc(C(N=Nc4ccc(Cl)cc4Cl)c4cc(C(C)(C)C)c(O)c(C(C)(C)C)c4)s3)s2)cc(C(C)(C)C)c1O. The molecule has 62 heavy (non-hydrogen) atoms. The number of hydrogen-bond donors (Lipinski definition) is 2. The summed E-state index contributed by atoms with van der Waals surface area (Å²) in [6, 6.07) is 25.9. The largest absolute Gasteiger partial charge is 0.507 e. The summed E-state index contributed by atoms with van der Waals surface area (Å²) in [5.41, 5.74) is 4.78. The fourth-order valence-electron chi connectivity index (χ4n) is 7.12. The van der Waals surface area contributed by atoms with Gasteiger partial charge in [-0.1, -0.05) is 129 Å². The Balaban J connectivity index is 1.50. The summed E-state index contributed by atoms with van der Waals surface area (Å²) in [7, 11) is 0. The molecule has 6 nitrogen and oxygen atoms in total. The van der Waals surface area contributed by atoms with Crippen LogP contribution < -0.4 is 0 Å². The topological polar surface area (TPSA) is 89.9 Å². The summed E-state index contributed by atoms with van der Waals surface area (Å²) in [6.07, 6.45) is 0. The Labute approximate surface area is 394 Å². The van der Waals surface area contributed by atoms with Crippen LogP contribution in [0.15, 0.2) is 105 Å². The van der Waals surface area contributed by atoms with Gasteiger partial charge in [-0.15, -0.1) is 22.7 Å². The minimum atomic E-state index is -0.517. The quantitative estimate of drug-likeness (QED) is 0.141. The lowest BCUT2D eigenvalue weighted by Crippen LogP contribution is -2.18. The van der Waals surface area contributed by atoms with Gasteiger partial charge in [0.25, 0.3) is 0 Å². The van der Waals surface area contributed by atoms with Crippen molar-refractivity contribution in [2.75, 3.05) is 0 Å². The molecule has 0 aliphatic rings. The van der Waals surface area contributed by atoms with Crippen LogP contribution in [0.3, 0.4) is 0 Å². The zero-order chi connectivity index (χ0) is 45.7. The number of thiophene rings is 2. The lowest BCUT2D eigenvalue weighted by atomic mass is 9.77. The van der Waals surface area contributed by atoms with Gasteiger partial charge >= 0.3 is 0 Å². The predicted octanol–water partition coefficient (Wildman–Crippen LogP) is 18.4. The van der Waals surface area contributed by atoms with Gasteiger partial charge in [-0.05, 0) is 140 Å². The third-order valence-electron chi connectivity index (χ3n) is 10.5. The molecule has 4 aromatic carbocycles. The Hall–Kier alpha value is -3.76. The number of benzene rings is 4. The molecule has 2 N–H and O–H groups in total. The Kier molecular flexibility index (Phi) is 13.9. The standard InChI is InChI=1S/C50H54Cl4N4O2S2/c1-47(2,3)31-21-27(22-32(45(31)59)48(4,5)6)43(57-55-37-15-13-29(51)25-35(37)53)41-19-17-39(61-41)40-18-20-42(62-40)44(58-56-38-16-14-30(52)26-36(38)54)28-23-33(49(7,8)9)46(60)34(24-28)50(10,11)12/h13-26,43-44,59-60H,1-12H3. The molecule has 0 saturated heterocycles. The molecular formula is C50H54Cl4N4O2S2. The number of rotatable bonds is 9. The van der Waals surface area contributed by atoms with Crippen molar-refractivity contribution in [3.63, 3.8) is 0 Å². The van der Waals surface area contributed by atoms with Gasteiger partial charge in [0.1, 0.15) is 35.0 Å². The molecule has 0 bridgehead atoms. The molecule has 0 radical (unpaired) electrons. The molecule has 0 fully saturated rings. The molecule has 0 spiro atoms. The Morgan fingerprint density at radius 1 is 0.435 bits per heavy atom. The molecule has 0 amide bonds. The molecule has 2 unspecified atom stereocenters. The summed E-state index contributed by atoms with van der Waals surface area (Å²) < 4.78 is 0. The fraction of sp³-hybridized carbons (Fsp3) is 0.360. The number of phenols is 2. The second kappa shape index (κ2) is 18.0. The highest BCUT2D eigenvalue weighted by Gasteiger charge is 2.31. The van der Waals surface area contributed by atoms with E-state index < -0.39 is 12.1 Å². The van der Waals surface area contributed by atoms with Gasteiger partial charge in [-0.25, -0.2) is 0 Å². The van der Waals surface area contributed by atoms with Crippen LogP contribution in [0.2, 0.25) is 20.1 Å². The van der Waals surface area contributed by atoms with Gasteiger partial charge in [-0.2, -0.15) is 20.5 Å². The normalized spacial score (nSPS) is 14.0. The lowest BCUT2D eigenvalue weighted by Gasteiger charge is -2.29. The Morgan fingerprint density at radius 3 is 1.02 bits per heavy atom. The van der Waals surface area contributed by atoms with E-state index >= 15 is 0 Å². The van der Waals surface area contributed by atoms with Crippen LogP contribution in [0.5, 0.6) is 11.5 Å². The fourth-order valence-corrected chi connectivity index (χ4v) is 10.2. The monoisotopic (exact) mass is 946 g/mol. The van der Waals surface area contributed by atoms with Gasteiger partial charge in [0, 0.05) is 29.6 Å². The van der Waals surface area contributed by atoms with Crippen molar-refractivity contribution in [1.82, 2.24) is 0 Å². The van der Waals surface area contributed by atoms with E-state index in [-0.39, 0.29) is 21.7 Å². The average Bonchev–Trinajstić information content (AvgIpc) is 3.83. The molecule has 0 saturated carbocycles. The van der Waals surface area contributed by atoms with Crippen LogP contribution in [0.25, 0.3) is 9.75 Å². The minimum absolute atomic E-state index is 0.297. The van der Waals surface area contributed by atoms with E-state index in [0.717, 1.165) is 52.9 Å². The molecule has 12 heteroatoms. The number of halogens is 4. The Morgan fingerprint density at radius 2 is 0.742 bits per heavy atom. The number of azo groups is 2. The highest BCUT2D eigenvalue weighted by molar-refractivity contribution is 7.22. The molecule has 2 atom stereocenters. The van der Waals surface area contributed by atoms with Gasteiger partial charge < -0.3 is 10.2 Å². The molecule has 0 aliphatic carbocycles. The van der Waals surface area contributed by atoms with Crippen LogP contribution in [0, 0.1) is 0 Å². The third kappa shape index (κ3) is 10.8. The zero-order valence-electron chi connectivity index (χ0n) is 37.2. The van der Waals surface area contributed by atoms with Crippen LogP contribution in [0.4, 0.5) is 11.4 Å². The maximum Gasteiger partial charge on any atom is 0.130 e. The lowest BCUT2D eigenvalue weighted by molar-refractivity contribution is 0.421. The molecular weight excluding hydrogens is 895 g/mol. The van der Waals surface area contributed by atoms with E-state index in [0.29, 0.717) is 43.0 Å². The highest BCUT2D eigenvalue weighted by Crippen LogP contribution is 2.48. The number of aromatic hydroxyl groups is 2. The first-order valence-corrected chi connectivity index (χ1v) is 23.5. The van der Waals surface area contributed by atoms with Gasteiger partial charge in [0.05, 0.1) is 10.0 Å². The van der Waals surface area contributed by atoms with Gasteiger partial charge in [-0.3, -0.25) is 0 Å². The van der Waals surface area contributed by atoms with Gasteiger partial charge in [0.2, 0.25) is 0 Å². The third-order valence-corrected chi connectivity index (χ3v) is 14.1. The Bertz CT molecular complexity index is 2420. The van der Waals surface area contributed by atoms with Crippen molar-refractivity contribution < 1.29 is 10.2 Å².